The summed E-state index contributed by atoms with van der Waals surface area (Å²) in [6.45, 7) is 0.856. The van der Waals surface area contributed by atoms with Crippen molar-refractivity contribution in [2.24, 2.45) is 5.92 Å². The maximum atomic E-state index is 14.0. The molecule has 0 atom stereocenters. The zero-order chi connectivity index (χ0) is 18.1. The molecule has 2 aliphatic rings. The lowest BCUT2D eigenvalue weighted by atomic mass is 10.1. The van der Waals surface area contributed by atoms with Crippen LogP contribution in [-0.2, 0) is 11.3 Å². The van der Waals surface area contributed by atoms with Gasteiger partial charge >= 0.3 is 0 Å². The lowest BCUT2D eigenvalue weighted by molar-refractivity contribution is -0.116. The Morgan fingerprint density at radius 2 is 2.04 bits per heavy atom. The molecule has 1 heterocycles. The van der Waals surface area contributed by atoms with Gasteiger partial charge in [0.1, 0.15) is 5.82 Å². The summed E-state index contributed by atoms with van der Waals surface area (Å²) < 4.78 is 14.0. The van der Waals surface area contributed by atoms with E-state index in [1.54, 1.807) is 35.2 Å². The van der Waals surface area contributed by atoms with Gasteiger partial charge in [0.25, 0.3) is 5.91 Å². The molecule has 1 aliphatic heterocycles. The van der Waals surface area contributed by atoms with Gasteiger partial charge in [0.2, 0.25) is 5.91 Å². The van der Waals surface area contributed by atoms with Gasteiger partial charge in [-0.2, -0.15) is 0 Å². The SMILES string of the molecule is O=C(NCC1CC1)c1ccc2c(c1)N(Cc1ccccc1F)C(=O)CS2. The number of hydrogen-bond donors (Lipinski definition) is 1. The minimum Gasteiger partial charge on any atom is -0.352 e. The first kappa shape index (κ1) is 17.1. The first-order valence-corrected chi connectivity index (χ1v) is 9.69. The molecule has 1 N–H and O–H groups in total. The van der Waals surface area contributed by atoms with E-state index in [1.165, 1.54) is 30.7 Å². The number of halogens is 1. The Bertz CT molecular complexity index is 867. The van der Waals surface area contributed by atoms with Crippen LogP contribution in [-0.4, -0.2) is 24.1 Å². The monoisotopic (exact) mass is 370 g/mol. The molecule has 26 heavy (non-hydrogen) atoms. The van der Waals surface area contributed by atoms with E-state index >= 15 is 0 Å². The smallest absolute Gasteiger partial charge is 0.251 e. The zero-order valence-corrected chi connectivity index (χ0v) is 15.0. The van der Waals surface area contributed by atoms with Crippen LogP contribution in [0.4, 0.5) is 10.1 Å². The molecule has 2 amide bonds. The van der Waals surface area contributed by atoms with E-state index in [1.807, 2.05) is 6.07 Å². The summed E-state index contributed by atoms with van der Waals surface area (Å²) in [4.78, 5) is 27.3. The highest BCUT2D eigenvalue weighted by atomic mass is 32.2. The van der Waals surface area contributed by atoms with Crippen LogP contribution >= 0.6 is 11.8 Å². The minimum atomic E-state index is -0.335. The predicted molar refractivity (Wildman–Crippen MR) is 99.8 cm³/mol. The molecule has 4 rings (SSSR count). The number of nitrogens with zero attached hydrogens (tertiary/aromatic N) is 1. The first-order chi connectivity index (χ1) is 12.6. The highest BCUT2D eigenvalue weighted by Gasteiger charge is 2.27. The van der Waals surface area contributed by atoms with E-state index in [0.717, 1.165) is 4.90 Å². The second kappa shape index (κ2) is 7.11. The van der Waals surface area contributed by atoms with Crippen molar-refractivity contribution in [1.29, 1.82) is 0 Å². The zero-order valence-electron chi connectivity index (χ0n) is 14.2. The van der Waals surface area contributed by atoms with Crippen molar-refractivity contribution in [3.05, 3.63) is 59.4 Å². The molecule has 1 aliphatic carbocycles. The van der Waals surface area contributed by atoms with E-state index < -0.39 is 0 Å². The van der Waals surface area contributed by atoms with Gasteiger partial charge in [-0.1, -0.05) is 18.2 Å². The number of benzene rings is 2. The third kappa shape index (κ3) is 3.60. The quantitative estimate of drug-likeness (QED) is 0.875. The minimum absolute atomic E-state index is 0.0821. The molecule has 6 heteroatoms. The molecular weight excluding hydrogens is 351 g/mol. The molecule has 0 aromatic heterocycles. The van der Waals surface area contributed by atoms with Crippen LogP contribution in [0.3, 0.4) is 0 Å². The van der Waals surface area contributed by atoms with Gasteiger partial charge in [-0.3, -0.25) is 9.59 Å². The molecule has 2 aromatic carbocycles. The van der Waals surface area contributed by atoms with E-state index in [4.69, 9.17) is 0 Å². The molecule has 0 unspecified atom stereocenters. The van der Waals surface area contributed by atoms with Crippen molar-refractivity contribution in [2.75, 3.05) is 17.2 Å². The molecule has 4 nitrogen and oxygen atoms in total. The molecular formula is C20H19FN2O2S. The summed E-state index contributed by atoms with van der Waals surface area (Å²) in [5.74, 6) is 0.369. The van der Waals surface area contributed by atoms with Crippen molar-refractivity contribution in [1.82, 2.24) is 5.32 Å². The second-order valence-corrected chi connectivity index (χ2v) is 7.71. The van der Waals surface area contributed by atoms with Gasteiger partial charge in [0, 0.05) is 22.6 Å². The summed E-state index contributed by atoms with van der Waals surface area (Å²) in [6, 6.07) is 11.8. The third-order valence-corrected chi connectivity index (χ3v) is 5.75. The second-order valence-electron chi connectivity index (χ2n) is 6.70. The largest absolute Gasteiger partial charge is 0.352 e. The molecule has 0 spiro atoms. The van der Waals surface area contributed by atoms with Gasteiger partial charge in [-0.15, -0.1) is 11.8 Å². The highest BCUT2D eigenvalue weighted by molar-refractivity contribution is 8.00. The van der Waals surface area contributed by atoms with Crippen LogP contribution in [0.1, 0.15) is 28.8 Å². The number of nitrogens with one attached hydrogen (secondary N) is 1. The number of thioether (sulfide) groups is 1. The maximum Gasteiger partial charge on any atom is 0.251 e. The summed E-state index contributed by atoms with van der Waals surface area (Å²) in [6.07, 6.45) is 2.35. The van der Waals surface area contributed by atoms with Gasteiger partial charge in [0.15, 0.2) is 0 Å². The van der Waals surface area contributed by atoms with Crippen molar-refractivity contribution >= 4 is 29.3 Å². The van der Waals surface area contributed by atoms with E-state index in [-0.39, 0.29) is 24.2 Å². The van der Waals surface area contributed by atoms with Crippen LogP contribution in [0.15, 0.2) is 47.4 Å². The number of carbonyl (C=O) groups is 2. The maximum absolute atomic E-state index is 14.0. The first-order valence-electron chi connectivity index (χ1n) is 8.70. The third-order valence-electron chi connectivity index (χ3n) is 4.70. The average Bonchev–Trinajstić information content (AvgIpc) is 3.47. The number of amides is 2. The van der Waals surface area contributed by atoms with Crippen LogP contribution < -0.4 is 10.2 Å². The van der Waals surface area contributed by atoms with Crippen molar-refractivity contribution in [2.45, 2.75) is 24.3 Å². The number of carbonyl (C=O) groups excluding carboxylic acids is 2. The summed E-state index contributed by atoms with van der Waals surface area (Å²) in [5.41, 5.74) is 1.66. The highest BCUT2D eigenvalue weighted by Crippen LogP contribution is 2.37. The van der Waals surface area contributed by atoms with Crippen LogP contribution in [0, 0.1) is 11.7 Å². The fourth-order valence-corrected chi connectivity index (χ4v) is 3.89. The normalized spacial score (nSPS) is 16.3. The molecule has 134 valence electrons. The van der Waals surface area contributed by atoms with Gasteiger partial charge in [0.05, 0.1) is 18.0 Å². The number of rotatable bonds is 5. The number of fused-ring (bicyclic) bond motifs is 1. The Hall–Kier alpha value is -2.34. The number of anilines is 1. The standard InChI is InChI=1S/C20H19FN2O2S/c21-16-4-2-1-3-15(16)11-23-17-9-14(20(25)22-10-13-5-6-13)7-8-18(17)26-12-19(23)24/h1-4,7-9,13H,5-6,10-12H2,(H,22,25). The Labute approximate surface area is 155 Å². The lowest BCUT2D eigenvalue weighted by Gasteiger charge is -2.29. The van der Waals surface area contributed by atoms with E-state index in [9.17, 15) is 14.0 Å². The summed E-state index contributed by atoms with van der Waals surface area (Å²) in [5, 5.41) is 2.94. The van der Waals surface area contributed by atoms with Crippen LogP contribution in [0.5, 0.6) is 0 Å². The topological polar surface area (TPSA) is 49.4 Å². The van der Waals surface area contributed by atoms with Gasteiger partial charge < -0.3 is 10.2 Å². The van der Waals surface area contributed by atoms with Crippen molar-refractivity contribution < 1.29 is 14.0 Å². The Balaban J connectivity index is 1.60. The van der Waals surface area contributed by atoms with E-state index in [0.29, 0.717) is 35.0 Å². The van der Waals surface area contributed by atoms with Gasteiger partial charge in [-0.05, 0) is 43.0 Å². The number of hydrogen-bond acceptors (Lipinski definition) is 3. The van der Waals surface area contributed by atoms with Gasteiger partial charge in [-0.25, -0.2) is 4.39 Å². The fourth-order valence-electron chi connectivity index (χ4n) is 2.97. The van der Waals surface area contributed by atoms with E-state index in [2.05, 4.69) is 5.32 Å². The Morgan fingerprint density at radius 3 is 2.81 bits per heavy atom. The molecule has 1 saturated carbocycles. The van der Waals surface area contributed by atoms with Crippen LogP contribution in [0.25, 0.3) is 0 Å². The van der Waals surface area contributed by atoms with Crippen LogP contribution in [0.2, 0.25) is 0 Å². The summed E-state index contributed by atoms with van der Waals surface area (Å²) in [7, 11) is 0. The predicted octanol–water partition coefficient (Wildman–Crippen LogP) is 3.60. The average molecular weight is 370 g/mol. The molecule has 1 fully saturated rings. The molecule has 2 aromatic rings. The summed E-state index contributed by atoms with van der Waals surface area (Å²) >= 11 is 1.45. The molecule has 0 saturated heterocycles. The Morgan fingerprint density at radius 1 is 1.23 bits per heavy atom. The molecule has 0 bridgehead atoms. The molecule has 0 radical (unpaired) electrons. The Kier molecular flexibility index (Phi) is 4.68. The lowest BCUT2D eigenvalue weighted by Crippen LogP contribution is -2.35. The fraction of sp³-hybridized carbons (Fsp3) is 0.300. The van der Waals surface area contributed by atoms with Crippen molar-refractivity contribution in [3.63, 3.8) is 0 Å². The van der Waals surface area contributed by atoms with Crippen molar-refractivity contribution in [3.8, 4) is 0 Å².